The lowest BCUT2D eigenvalue weighted by molar-refractivity contribution is 0.141. The summed E-state index contributed by atoms with van der Waals surface area (Å²) in [5.41, 5.74) is 2.96. The van der Waals surface area contributed by atoms with Crippen molar-refractivity contribution in [3.63, 3.8) is 0 Å². The Balaban J connectivity index is 1.68. The molecule has 1 aliphatic heterocycles. The van der Waals surface area contributed by atoms with Crippen LogP contribution in [-0.4, -0.2) is 12.7 Å². The van der Waals surface area contributed by atoms with Gasteiger partial charge in [-0.3, -0.25) is 0 Å². The number of aryl methyl sites for hydroxylation is 1. The summed E-state index contributed by atoms with van der Waals surface area (Å²) >= 11 is 0. The molecular weight excluding hydrogens is 326 g/mol. The lowest BCUT2D eigenvalue weighted by atomic mass is 9.93. The molecule has 26 heavy (non-hydrogen) atoms. The minimum Gasteiger partial charge on any atom is -0.456 e. The monoisotopic (exact) mass is 353 g/mol. The van der Waals surface area contributed by atoms with E-state index in [9.17, 15) is 4.79 Å². The summed E-state index contributed by atoms with van der Waals surface area (Å²) in [4.78, 5) is 12.3. The zero-order valence-electron chi connectivity index (χ0n) is 15.6. The molecule has 3 rings (SSSR count). The summed E-state index contributed by atoms with van der Waals surface area (Å²) in [5.74, 6) is 1.59. The number of amides is 1. The van der Waals surface area contributed by atoms with Gasteiger partial charge in [-0.15, -0.1) is 0 Å². The Bertz CT molecular complexity index is 757. The molecule has 0 spiro atoms. The van der Waals surface area contributed by atoms with Crippen LogP contribution in [0.5, 0.6) is 11.5 Å². The number of carbonyl (C=O) groups is 1. The van der Waals surface area contributed by atoms with Gasteiger partial charge in [0.05, 0.1) is 12.6 Å². The molecule has 4 heteroatoms. The van der Waals surface area contributed by atoms with Crippen LogP contribution in [0.2, 0.25) is 0 Å². The molecule has 138 valence electrons. The molecule has 0 saturated carbocycles. The Kier molecular flexibility index (Phi) is 6.16. The lowest BCUT2D eigenvalue weighted by Crippen LogP contribution is -2.32. The fourth-order valence-electron chi connectivity index (χ4n) is 3.32. The third-order valence-electron chi connectivity index (χ3n) is 4.74. The van der Waals surface area contributed by atoms with Crippen molar-refractivity contribution in [3.05, 3.63) is 59.2 Å². The maximum absolute atomic E-state index is 12.3. The standard InChI is InChI=1S/C22H27NO3/c1-3-4-5-6-9-15-25-22(24)23-20-17-12-7-8-14-19(17)26-21-16(2)11-10-13-18(20)21/h7-8,10-14,20H,3-6,9,15H2,1-2H3,(H,23,24)/t20-/m1/s1. The Morgan fingerprint density at radius 1 is 1.04 bits per heavy atom. The van der Waals surface area contributed by atoms with Crippen molar-refractivity contribution >= 4 is 6.09 Å². The van der Waals surface area contributed by atoms with Gasteiger partial charge in [-0.05, 0) is 25.0 Å². The van der Waals surface area contributed by atoms with E-state index < -0.39 is 0 Å². The van der Waals surface area contributed by atoms with Crippen LogP contribution < -0.4 is 10.1 Å². The fraction of sp³-hybridized carbons (Fsp3) is 0.409. The van der Waals surface area contributed by atoms with Crippen molar-refractivity contribution in [3.8, 4) is 11.5 Å². The van der Waals surface area contributed by atoms with Gasteiger partial charge >= 0.3 is 6.09 Å². The first kappa shape index (κ1) is 18.3. The Morgan fingerprint density at radius 2 is 1.81 bits per heavy atom. The summed E-state index contributed by atoms with van der Waals surface area (Å²) in [5, 5.41) is 3.02. The molecular formula is C22H27NO3. The van der Waals surface area contributed by atoms with Gasteiger partial charge in [0.2, 0.25) is 0 Å². The first-order valence-corrected chi connectivity index (χ1v) is 9.50. The average Bonchev–Trinajstić information content (AvgIpc) is 2.65. The highest BCUT2D eigenvalue weighted by molar-refractivity contribution is 5.70. The molecule has 0 aromatic heterocycles. The molecule has 1 atom stereocenters. The number of nitrogens with one attached hydrogen (secondary N) is 1. The van der Waals surface area contributed by atoms with Crippen LogP contribution in [0.3, 0.4) is 0 Å². The van der Waals surface area contributed by atoms with Gasteiger partial charge in [0.1, 0.15) is 11.5 Å². The molecule has 1 amide bonds. The minimum atomic E-state index is -0.380. The van der Waals surface area contributed by atoms with E-state index in [1.54, 1.807) is 0 Å². The number of fused-ring (bicyclic) bond motifs is 2. The molecule has 2 aromatic rings. The molecule has 1 heterocycles. The summed E-state index contributed by atoms with van der Waals surface area (Å²) in [6.07, 6.45) is 5.28. The number of carbonyl (C=O) groups excluding carboxylic acids is 1. The topological polar surface area (TPSA) is 47.6 Å². The summed E-state index contributed by atoms with van der Waals surface area (Å²) in [6, 6.07) is 13.5. The van der Waals surface area contributed by atoms with E-state index in [0.29, 0.717) is 6.61 Å². The van der Waals surface area contributed by atoms with Crippen LogP contribution in [-0.2, 0) is 4.74 Å². The molecule has 2 aromatic carbocycles. The highest BCUT2D eigenvalue weighted by Crippen LogP contribution is 2.44. The van der Waals surface area contributed by atoms with Crippen LogP contribution in [0.15, 0.2) is 42.5 Å². The van der Waals surface area contributed by atoms with Gasteiger partial charge < -0.3 is 14.8 Å². The molecule has 4 nitrogen and oxygen atoms in total. The van der Waals surface area contributed by atoms with Gasteiger partial charge in [-0.25, -0.2) is 4.79 Å². The Hall–Kier alpha value is -2.49. The predicted molar refractivity (Wildman–Crippen MR) is 103 cm³/mol. The quantitative estimate of drug-likeness (QED) is 0.632. The minimum absolute atomic E-state index is 0.262. The maximum atomic E-state index is 12.3. The molecule has 1 aliphatic rings. The number of benzene rings is 2. The largest absolute Gasteiger partial charge is 0.456 e. The number of hydrogen-bond acceptors (Lipinski definition) is 3. The van der Waals surface area contributed by atoms with Crippen molar-refractivity contribution in [1.82, 2.24) is 5.32 Å². The van der Waals surface area contributed by atoms with Crippen LogP contribution in [0.1, 0.15) is 61.8 Å². The number of hydrogen-bond donors (Lipinski definition) is 1. The molecule has 0 aliphatic carbocycles. The number of ether oxygens (including phenoxy) is 2. The van der Waals surface area contributed by atoms with E-state index in [1.807, 2.05) is 49.4 Å². The second-order valence-corrected chi connectivity index (χ2v) is 6.76. The smallest absolute Gasteiger partial charge is 0.407 e. The molecule has 0 fully saturated rings. The van der Waals surface area contributed by atoms with Crippen molar-refractivity contribution in [2.45, 2.75) is 52.0 Å². The SMILES string of the molecule is CCCCCCCOC(=O)N[C@@H]1c2ccccc2Oc2c(C)cccc21. The van der Waals surface area contributed by atoms with E-state index in [0.717, 1.165) is 41.0 Å². The van der Waals surface area contributed by atoms with E-state index in [2.05, 4.69) is 12.2 Å². The van der Waals surface area contributed by atoms with E-state index in [4.69, 9.17) is 9.47 Å². The van der Waals surface area contributed by atoms with Gasteiger partial charge in [-0.1, -0.05) is 69.0 Å². The third kappa shape index (κ3) is 4.18. The normalized spacial score (nSPS) is 14.8. The van der Waals surface area contributed by atoms with E-state index >= 15 is 0 Å². The van der Waals surface area contributed by atoms with Gasteiger partial charge in [-0.2, -0.15) is 0 Å². The van der Waals surface area contributed by atoms with Gasteiger partial charge in [0.15, 0.2) is 0 Å². The second kappa shape index (κ2) is 8.75. The number of alkyl carbamates (subject to hydrolysis) is 1. The number of para-hydroxylation sites is 2. The molecule has 0 unspecified atom stereocenters. The Morgan fingerprint density at radius 3 is 2.65 bits per heavy atom. The van der Waals surface area contributed by atoms with E-state index in [1.165, 1.54) is 19.3 Å². The average molecular weight is 353 g/mol. The zero-order valence-corrected chi connectivity index (χ0v) is 15.6. The number of unbranched alkanes of at least 4 members (excludes halogenated alkanes) is 4. The highest BCUT2D eigenvalue weighted by Gasteiger charge is 2.29. The van der Waals surface area contributed by atoms with Crippen molar-refractivity contribution in [2.75, 3.05) is 6.61 Å². The van der Waals surface area contributed by atoms with Crippen LogP contribution >= 0.6 is 0 Å². The second-order valence-electron chi connectivity index (χ2n) is 6.76. The molecule has 0 radical (unpaired) electrons. The zero-order chi connectivity index (χ0) is 18.4. The van der Waals surface area contributed by atoms with Crippen LogP contribution in [0.25, 0.3) is 0 Å². The fourth-order valence-corrected chi connectivity index (χ4v) is 3.32. The number of rotatable bonds is 7. The van der Waals surface area contributed by atoms with E-state index in [-0.39, 0.29) is 12.1 Å². The summed E-state index contributed by atoms with van der Waals surface area (Å²) < 4.78 is 11.5. The third-order valence-corrected chi connectivity index (χ3v) is 4.74. The molecule has 0 saturated heterocycles. The van der Waals surface area contributed by atoms with Crippen LogP contribution in [0, 0.1) is 6.92 Å². The molecule has 0 bridgehead atoms. The molecule has 1 N–H and O–H groups in total. The van der Waals surface area contributed by atoms with Crippen LogP contribution in [0.4, 0.5) is 4.79 Å². The van der Waals surface area contributed by atoms with Crippen molar-refractivity contribution < 1.29 is 14.3 Å². The maximum Gasteiger partial charge on any atom is 0.407 e. The first-order chi connectivity index (χ1) is 12.7. The Labute approximate surface area is 155 Å². The lowest BCUT2D eigenvalue weighted by Gasteiger charge is -2.29. The van der Waals surface area contributed by atoms with Gasteiger partial charge in [0, 0.05) is 11.1 Å². The van der Waals surface area contributed by atoms with Crippen molar-refractivity contribution in [2.24, 2.45) is 0 Å². The summed E-state index contributed by atoms with van der Waals surface area (Å²) in [7, 11) is 0. The first-order valence-electron chi connectivity index (χ1n) is 9.50. The highest BCUT2D eigenvalue weighted by atomic mass is 16.5. The van der Waals surface area contributed by atoms with Crippen molar-refractivity contribution in [1.29, 1.82) is 0 Å². The predicted octanol–water partition coefficient (Wildman–Crippen LogP) is 5.89. The summed E-state index contributed by atoms with van der Waals surface area (Å²) in [6.45, 7) is 4.66. The van der Waals surface area contributed by atoms with Gasteiger partial charge in [0.25, 0.3) is 0 Å².